The Kier molecular flexibility index (Phi) is 4.79. The van der Waals surface area contributed by atoms with Gasteiger partial charge in [-0.3, -0.25) is 19.3 Å². The minimum absolute atomic E-state index is 0.0600. The summed E-state index contributed by atoms with van der Waals surface area (Å²) in [5.74, 6) is -0.613. The van der Waals surface area contributed by atoms with Crippen molar-refractivity contribution in [2.45, 2.75) is 6.42 Å². The summed E-state index contributed by atoms with van der Waals surface area (Å²) in [6, 6.07) is 14.3. The van der Waals surface area contributed by atoms with E-state index in [0.717, 1.165) is 11.4 Å². The number of ether oxygens (including phenoxy) is 1. The fourth-order valence-corrected chi connectivity index (χ4v) is 3.78. The number of fused-ring (bicyclic) bond motifs is 1. The molecule has 156 valence electrons. The lowest BCUT2D eigenvalue weighted by atomic mass is 10.1. The quantitative estimate of drug-likeness (QED) is 0.583. The van der Waals surface area contributed by atoms with Crippen LogP contribution in [-0.2, 0) is 16.0 Å². The molecule has 3 aromatic rings. The number of imide groups is 1. The zero-order valence-electron chi connectivity index (χ0n) is 16.6. The molecule has 1 aromatic heterocycles. The van der Waals surface area contributed by atoms with E-state index in [-0.39, 0.29) is 30.9 Å². The third-order valence-corrected chi connectivity index (χ3v) is 5.42. The Hall–Kier alpha value is -3.85. The van der Waals surface area contributed by atoms with Crippen LogP contribution in [0.5, 0.6) is 0 Å². The van der Waals surface area contributed by atoms with Gasteiger partial charge in [-0.2, -0.15) is 0 Å². The van der Waals surface area contributed by atoms with Crippen molar-refractivity contribution in [3.05, 3.63) is 71.5 Å². The Morgan fingerprint density at radius 3 is 2.26 bits per heavy atom. The summed E-state index contributed by atoms with van der Waals surface area (Å²) in [4.78, 5) is 39.9. The van der Waals surface area contributed by atoms with Crippen LogP contribution >= 0.6 is 0 Å². The monoisotopic (exact) mass is 417 g/mol. The molecular weight excluding hydrogens is 398 g/mol. The second-order valence-electron chi connectivity index (χ2n) is 7.33. The molecule has 1 fully saturated rings. The molecule has 0 saturated carbocycles. The molecule has 0 spiro atoms. The summed E-state index contributed by atoms with van der Waals surface area (Å²) in [5.41, 5.74) is 3.15. The minimum atomic E-state index is -0.277. The lowest BCUT2D eigenvalue weighted by molar-refractivity contribution is -0.125. The van der Waals surface area contributed by atoms with Crippen molar-refractivity contribution in [3.8, 4) is 5.69 Å². The maximum atomic E-state index is 12.5. The average Bonchev–Trinajstić information content (AvgIpc) is 3.37. The molecule has 0 unspecified atom stereocenters. The van der Waals surface area contributed by atoms with Gasteiger partial charge in [0, 0.05) is 25.2 Å². The summed E-state index contributed by atoms with van der Waals surface area (Å²) in [7, 11) is 0. The Balaban J connectivity index is 1.25. The number of amides is 3. The van der Waals surface area contributed by atoms with Crippen LogP contribution in [0.4, 0.5) is 5.69 Å². The van der Waals surface area contributed by atoms with Gasteiger partial charge in [0.1, 0.15) is 6.61 Å². The fraction of sp³-hybridized carbons (Fsp3) is 0.227. The van der Waals surface area contributed by atoms with Crippen LogP contribution in [0.1, 0.15) is 26.4 Å². The van der Waals surface area contributed by atoms with E-state index in [9.17, 15) is 14.4 Å². The van der Waals surface area contributed by atoms with Gasteiger partial charge < -0.3 is 9.64 Å². The predicted molar refractivity (Wildman–Crippen MR) is 110 cm³/mol. The number of aromatic nitrogens is 3. The first-order chi connectivity index (χ1) is 15.1. The van der Waals surface area contributed by atoms with Gasteiger partial charge >= 0.3 is 0 Å². The zero-order valence-corrected chi connectivity index (χ0v) is 16.6. The Labute approximate surface area is 177 Å². The van der Waals surface area contributed by atoms with Gasteiger partial charge in [-0.15, -0.1) is 5.10 Å². The molecule has 1 saturated heterocycles. The maximum absolute atomic E-state index is 12.5. The standard InChI is InChI=1S/C22H19N5O4/c28-20-14-31-12-11-25(20)16-5-7-17(8-6-16)27-13-15(23-24-27)9-10-26-21(29)18-3-1-2-4-19(18)22(26)30/h1-8,13H,9-12,14H2. The SMILES string of the molecule is O=C1c2ccccc2C(=O)N1CCc1cn(-c2ccc(N3CCOCC3=O)cc2)nn1. The van der Waals surface area contributed by atoms with Gasteiger partial charge in [-0.1, -0.05) is 17.3 Å². The molecule has 3 heterocycles. The lowest BCUT2D eigenvalue weighted by Gasteiger charge is -2.26. The summed E-state index contributed by atoms with van der Waals surface area (Å²) < 4.78 is 6.79. The number of carbonyl (C=O) groups is 3. The number of anilines is 1. The van der Waals surface area contributed by atoms with Gasteiger partial charge in [-0.05, 0) is 36.4 Å². The number of hydrogen-bond donors (Lipinski definition) is 0. The molecule has 2 aliphatic rings. The van der Waals surface area contributed by atoms with Crippen LogP contribution in [0, 0.1) is 0 Å². The van der Waals surface area contributed by atoms with Crippen molar-refractivity contribution in [2.75, 3.05) is 31.2 Å². The third kappa shape index (κ3) is 3.49. The van der Waals surface area contributed by atoms with Crippen LogP contribution in [-0.4, -0.2) is 63.9 Å². The highest BCUT2D eigenvalue weighted by molar-refractivity contribution is 6.21. The Bertz CT molecular complexity index is 1140. The van der Waals surface area contributed by atoms with E-state index in [2.05, 4.69) is 10.3 Å². The number of morpholine rings is 1. The van der Waals surface area contributed by atoms with E-state index in [0.29, 0.717) is 36.4 Å². The molecule has 0 radical (unpaired) electrons. The molecule has 0 N–H and O–H groups in total. The topological polar surface area (TPSA) is 97.6 Å². The predicted octanol–water partition coefficient (Wildman–Crippen LogP) is 1.47. The minimum Gasteiger partial charge on any atom is -0.370 e. The first-order valence-electron chi connectivity index (χ1n) is 9.97. The molecule has 9 nitrogen and oxygen atoms in total. The zero-order chi connectivity index (χ0) is 21.4. The average molecular weight is 417 g/mol. The molecule has 0 bridgehead atoms. The van der Waals surface area contributed by atoms with Gasteiger partial charge in [-0.25, -0.2) is 4.68 Å². The van der Waals surface area contributed by atoms with Crippen molar-refractivity contribution in [1.82, 2.24) is 19.9 Å². The number of hydrogen-bond acceptors (Lipinski definition) is 6. The molecule has 0 atom stereocenters. The molecule has 9 heteroatoms. The molecule has 0 aliphatic carbocycles. The van der Waals surface area contributed by atoms with Crippen LogP contribution in [0.25, 0.3) is 5.69 Å². The van der Waals surface area contributed by atoms with Crippen molar-refractivity contribution >= 4 is 23.4 Å². The van der Waals surface area contributed by atoms with Gasteiger partial charge in [0.25, 0.3) is 17.7 Å². The fourth-order valence-electron chi connectivity index (χ4n) is 3.78. The van der Waals surface area contributed by atoms with Gasteiger partial charge in [0.2, 0.25) is 0 Å². The second-order valence-corrected chi connectivity index (χ2v) is 7.33. The van der Waals surface area contributed by atoms with Crippen LogP contribution < -0.4 is 4.90 Å². The molecule has 2 aliphatic heterocycles. The molecule has 31 heavy (non-hydrogen) atoms. The van der Waals surface area contributed by atoms with Crippen molar-refractivity contribution in [1.29, 1.82) is 0 Å². The number of rotatable bonds is 5. The van der Waals surface area contributed by atoms with Crippen molar-refractivity contribution in [2.24, 2.45) is 0 Å². The summed E-state index contributed by atoms with van der Waals surface area (Å²) in [6.45, 7) is 1.39. The smallest absolute Gasteiger partial charge is 0.261 e. The molecule has 2 aromatic carbocycles. The first kappa shape index (κ1) is 19.1. The number of carbonyl (C=O) groups excluding carboxylic acids is 3. The van der Waals surface area contributed by atoms with Crippen LogP contribution in [0.15, 0.2) is 54.7 Å². The lowest BCUT2D eigenvalue weighted by Crippen LogP contribution is -2.41. The summed E-state index contributed by atoms with van der Waals surface area (Å²) in [6.07, 6.45) is 2.18. The van der Waals surface area contributed by atoms with Crippen LogP contribution in [0.2, 0.25) is 0 Å². The van der Waals surface area contributed by atoms with Crippen molar-refractivity contribution < 1.29 is 19.1 Å². The highest BCUT2D eigenvalue weighted by atomic mass is 16.5. The van der Waals surface area contributed by atoms with E-state index < -0.39 is 0 Å². The van der Waals surface area contributed by atoms with E-state index in [1.54, 1.807) is 40.0 Å². The summed E-state index contributed by atoms with van der Waals surface area (Å²) >= 11 is 0. The molecule has 3 amide bonds. The molecular formula is C22H19N5O4. The number of benzene rings is 2. The first-order valence-corrected chi connectivity index (χ1v) is 9.97. The maximum Gasteiger partial charge on any atom is 0.261 e. The Morgan fingerprint density at radius 1 is 0.903 bits per heavy atom. The highest BCUT2D eigenvalue weighted by Gasteiger charge is 2.34. The van der Waals surface area contributed by atoms with E-state index in [1.165, 1.54) is 4.90 Å². The van der Waals surface area contributed by atoms with E-state index in [1.807, 2.05) is 24.3 Å². The van der Waals surface area contributed by atoms with E-state index >= 15 is 0 Å². The number of nitrogens with zero attached hydrogens (tertiary/aromatic N) is 5. The van der Waals surface area contributed by atoms with Crippen molar-refractivity contribution in [3.63, 3.8) is 0 Å². The van der Waals surface area contributed by atoms with Gasteiger partial charge in [0.15, 0.2) is 0 Å². The Morgan fingerprint density at radius 2 is 1.58 bits per heavy atom. The van der Waals surface area contributed by atoms with Gasteiger partial charge in [0.05, 0.1) is 35.3 Å². The van der Waals surface area contributed by atoms with E-state index in [4.69, 9.17) is 4.74 Å². The normalized spacial score (nSPS) is 16.2. The molecule has 5 rings (SSSR count). The third-order valence-electron chi connectivity index (χ3n) is 5.42. The van der Waals surface area contributed by atoms with Crippen LogP contribution in [0.3, 0.4) is 0 Å². The second kappa shape index (κ2) is 7.77. The highest BCUT2D eigenvalue weighted by Crippen LogP contribution is 2.23. The largest absolute Gasteiger partial charge is 0.370 e. The summed E-state index contributed by atoms with van der Waals surface area (Å²) in [5, 5.41) is 8.30.